The summed E-state index contributed by atoms with van der Waals surface area (Å²) in [6.45, 7) is 4.47. The monoisotopic (exact) mass is 325 g/mol. The summed E-state index contributed by atoms with van der Waals surface area (Å²) in [5.74, 6) is 2.11. The standard InChI is InChI=1S/C11H16ClNO2S3/c1-8-5-11(17-10(8)6-12)18(14,15)13-3-4-16-7-9(13)2/h5,9H,3-4,6-7H2,1-2H3. The molecule has 1 unspecified atom stereocenters. The fourth-order valence-electron chi connectivity index (χ4n) is 1.93. The fraction of sp³-hybridized carbons (Fsp3) is 0.636. The quantitative estimate of drug-likeness (QED) is 0.802. The molecule has 7 heteroatoms. The third-order valence-corrected chi connectivity index (χ3v) is 8.30. The summed E-state index contributed by atoms with van der Waals surface area (Å²) in [5, 5.41) is 0. The number of rotatable bonds is 3. The van der Waals surface area contributed by atoms with E-state index in [1.807, 2.05) is 25.6 Å². The molecule has 0 spiro atoms. The molecule has 1 atom stereocenters. The predicted octanol–water partition coefficient (Wildman–Crippen LogP) is 2.92. The van der Waals surface area contributed by atoms with Gasteiger partial charge in [0.1, 0.15) is 4.21 Å². The molecule has 2 rings (SSSR count). The Morgan fingerprint density at radius 3 is 2.83 bits per heavy atom. The Morgan fingerprint density at radius 1 is 1.56 bits per heavy atom. The maximum absolute atomic E-state index is 12.6. The van der Waals surface area contributed by atoms with Crippen molar-refractivity contribution in [2.75, 3.05) is 18.1 Å². The summed E-state index contributed by atoms with van der Waals surface area (Å²) >= 11 is 8.91. The fourth-order valence-corrected chi connectivity index (χ4v) is 6.73. The van der Waals surface area contributed by atoms with Gasteiger partial charge in [-0.3, -0.25) is 0 Å². The van der Waals surface area contributed by atoms with E-state index in [4.69, 9.17) is 11.6 Å². The van der Waals surface area contributed by atoms with E-state index in [-0.39, 0.29) is 6.04 Å². The van der Waals surface area contributed by atoms with E-state index in [9.17, 15) is 8.42 Å². The Bertz CT molecular complexity index is 526. The van der Waals surface area contributed by atoms with Crippen molar-refractivity contribution in [2.45, 2.75) is 30.0 Å². The van der Waals surface area contributed by atoms with Crippen LogP contribution >= 0.6 is 34.7 Å². The van der Waals surface area contributed by atoms with Gasteiger partial charge in [0, 0.05) is 29.0 Å². The first-order valence-corrected chi connectivity index (χ1v) is 9.66. The van der Waals surface area contributed by atoms with Crippen LogP contribution in [0, 0.1) is 6.92 Å². The number of sulfonamides is 1. The van der Waals surface area contributed by atoms with Gasteiger partial charge in [-0.15, -0.1) is 22.9 Å². The molecule has 0 aromatic carbocycles. The summed E-state index contributed by atoms with van der Waals surface area (Å²) in [5.41, 5.74) is 0.965. The summed E-state index contributed by atoms with van der Waals surface area (Å²) in [7, 11) is -3.34. The largest absolute Gasteiger partial charge is 0.252 e. The van der Waals surface area contributed by atoms with E-state index in [2.05, 4.69) is 0 Å². The van der Waals surface area contributed by atoms with E-state index in [0.29, 0.717) is 16.6 Å². The van der Waals surface area contributed by atoms with Gasteiger partial charge in [-0.2, -0.15) is 16.1 Å². The van der Waals surface area contributed by atoms with Gasteiger partial charge in [-0.05, 0) is 25.5 Å². The number of halogens is 1. The number of nitrogens with zero attached hydrogens (tertiary/aromatic N) is 1. The zero-order valence-electron chi connectivity index (χ0n) is 10.3. The number of thiophene rings is 1. The molecule has 102 valence electrons. The van der Waals surface area contributed by atoms with Crippen LogP contribution in [0.4, 0.5) is 0 Å². The van der Waals surface area contributed by atoms with Crippen molar-refractivity contribution < 1.29 is 8.42 Å². The molecule has 0 aliphatic carbocycles. The second kappa shape index (κ2) is 5.71. The van der Waals surface area contributed by atoms with Crippen molar-refractivity contribution in [3.05, 3.63) is 16.5 Å². The first-order chi connectivity index (χ1) is 8.46. The minimum atomic E-state index is -3.34. The van der Waals surface area contributed by atoms with Crippen LogP contribution in [0.25, 0.3) is 0 Å². The molecule has 3 nitrogen and oxygen atoms in total. The van der Waals surface area contributed by atoms with Crippen LogP contribution in [0.1, 0.15) is 17.4 Å². The van der Waals surface area contributed by atoms with Crippen LogP contribution in [0.3, 0.4) is 0 Å². The van der Waals surface area contributed by atoms with E-state index < -0.39 is 10.0 Å². The van der Waals surface area contributed by atoms with Crippen molar-refractivity contribution in [3.8, 4) is 0 Å². The summed E-state index contributed by atoms with van der Waals surface area (Å²) < 4.78 is 27.2. The van der Waals surface area contributed by atoms with E-state index in [1.54, 1.807) is 10.4 Å². The Labute approximate surface area is 122 Å². The maximum atomic E-state index is 12.6. The number of hydrogen-bond acceptors (Lipinski definition) is 4. The molecule has 0 bridgehead atoms. The number of alkyl halides is 1. The molecule has 0 radical (unpaired) electrons. The second-order valence-electron chi connectivity index (χ2n) is 4.34. The highest BCUT2D eigenvalue weighted by Gasteiger charge is 2.32. The van der Waals surface area contributed by atoms with Gasteiger partial charge in [0.05, 0.1) is 5.88 Å². The predicted molar refractivity (Wildman–Crippen MR) is 79.3 cm³/mol. The Kier molecular flexibility index (Phi) is 4.65. The molecule has 2 heterocycles. The summed E-state index contributed by atoms with van der Waals surface area (Å²) in [6.07, 6.45) is 0. The van der Waals surface area contributed by atoms with Crippen molar-refractivity contribution in [2.24, 2.45) is 0 Å². The zero-order valence-corrected chi connectivity index (χ0v) is 13.6. The molecule has 1 fully saturated rings. The van der Waals surface area contributed by atoms with Crippen molar-refractivity contribution in [1.82, 2.24) is 4.31 Å². The van der Waals surface area contributed by atoms with Crippen molar-refractivity contribution in [1.29, 1.82) is 0 Å². The highest BCUT2D eigenvalue weighted by molar-refractivity contribution is 7.99. The van der Waals surface area contributed by atoms with Crippen molar-refractivity contribution in [3.63, 3.8) is 0 Å². The Hall–Kier alpha value is 0.250. The first kappa shape index (κ1) is 14.7. The summed E-state index contributed by atoms with van der Waals surface area (Å²) in [6, 6.07) is 1.81. The lowest BCUT2D eigenvalue weighted by Gasteiger charge is -2.31. The van der Waals surface area contributed by atoms with E-state index >= 15 is 0 Å². The third kappa shape index (κ3) is 2.72. The molecule has 1 aliphatic rings. The molecule has 1 aromatic rings. The summed E-state index contributed by atoms with van der Waals surface area (Å²) in [4.78, 5) is 0.939. The van der Waals surface area contributed by atoms with Crippen LogP contribution in [0.2, 0.25) is 0 Å². The second-order valence-corrected chi connectivity index (χ2v) is 9.02. The number of hydrogen-bond donors (Lipinski definition) is 0. The average Bonchev–Trinajstić information content (AvgIpc) is 2.71. The van der Waals surface area contributed by atoms with Gasteiger partial charge < -0.3 is 0 Å². The minimum Gasteiger partial charge on any atom is -0.206 e. The van der Waals surface area contributed by atoms with Crippen molar-refractivity contribution >= 4 is 44.7 Å². The molecule has 1 aliphatic heterocycles. The topological polar surface area (TPSA) is 37.4 Å². The highest BCUT2D eigenvalue weighted by atomic mass is 35.5. The Morgan fingerprint density at radius 2 is 2.28 bits per heavy atom. The normalized spacial score (nSPS) is 22.3. The molecular formula is C11H16ClNO2S3. The SMILES string of the molecule is Cc1cc(S(=O)(=O)N2CCSCC2C)sc1CCl. The van der Waals surface area contributed by atoms with Crippen LogP contribution in [-0.2, 0) is 15.9 Å². The third-order valence-electron chi connectivity index (χ3n) is 2.99. The molecule has 1 saturated heterocycles. The smallest absolute Gasteiger partial charge is 0.206 e. The lowest BCUT2D eigenvalue weighted by atomic mass is 10.3. The van der Waals surface area contributed by atoms with Gasteiger partial charge in [-0.25, -0.2) is 8.42 Å². The lowest BCUT2D eigenvalue weighted by Crippen LogP contribution is -2.44. The van der Waals surface area contributed by atoms with Gasteiger partial charge >= 0.3 is 0 Å². The molecule has 0 saturated carbocycles. The van der Waals surface area contributed by atoms with Gasteiger partial charge in [0.25, 0.3) is 10.0 Å². The maximum Gasteiger partial charge on any atom is 0.252 e. The highest BCUT2D eigenvalue weighted by Crippen LogP contribution is 2.32. The van der Waals surface area contributed by atoms with Crippen LogP contribution < -0.4 is 0 Å². The zero-order chi connectivity index (χ0) is 13.3. The average molecular weight is 326 g/mol. The molecule has 0 N–H and O–H groups in total. The minimum absolute atomic E-state index is 0.0654. The molecule has 18 heavy (non-hydrogen) atoms. The van der Waals surface area contributed by atoms with Crippen LogP contribution in [0.15, 0.2) is 10.3 Å². The molecule has 0 amide bonds. The van der Waals surface area contributed by atoms with Gasteiger partial charge in [0.2, 0.25) is 0 Å². The van der Waals surface area contributed by atoms with Gasteiger partial charge in [0.15, 0.2) is 0 Å². The lowest BCUT2D eigenvalue weighted by molar-refractivity contribution is 0.368. The van der Waals surface area contributed by atoms with E-state index in [0.717, 1.165) is 21.9 Å². The molecular weight excluding hydrogens is 310 g/mol. The molecule has 1 aromatic heterocycles. The van der Waals surface area contributed by atoms with Gasteiger partial charge in [-0.1, -0.05) is 0 Å². The first-order valence-electron chi connectivity index (χ1n) is 5.71. The van der Waals surface area contributed by atoms with Crippen LogP contribution in [0.5, 0.6) is 0 Å². The number of aryl methyl sites for hydroxylation is 1. The van der Waals surface area contributed by atoms with Crippen LogP contribution in [-0.4, -0.2) is 36.8 Å². The Balaban J connectivity index is 2.34. The number of thioether (sulfide) groups is 1. The van der Waals surface area contributed by atoms with E-state index in [1.165, 1.54) is 11.3 Å².